The van der Waals surface area contributed by atoms with Gasteiger partial charge < -0.3 is 14.4 Å². The summed E-state index contributed by atoms with van der Waals surface area (Å²) in [4.78, 5) is 27.1. The molecule has 17 rings (SSSR count). The van der Waals surface area contributed by atoms with Crippen LogP contribution >= 0.6 is 0 Å². The lowest BCUT2D eigenvalue weighted by atomic mass is 9.33. The minimum Gasteiger partial charge on any atom is -0.311 e. The number of aryl methyl sites for hydroxylation is 2. The zero-order valence-corrected chi connectivity index (χ0v) is 49.6. The molecule has 0 atom stereocenters. The first-order valence-electron chi connectivity index (χ1n) is 30.7. The summed E-state index contributed by atoms with van der Waals surface area (Å²) in [5.41, 5.74) is 27.2. The van der Waals surface area contributed by atoms with Gasteiger partial charge in [0.1, 0.15) is 0 Å². The molecule has 0 radical (unpaired) electrons. The summed E-state index contributed by atoms with van der Waals surface area (Å²) in [7, 11) is 0. The number of benzene rings is 12. The van der Waals surface area contributed by atoms with Crippen LogP contribution in [0.25, 0.3) is 106 Å². The number of hydrogen-bond acceptors (Lipinski definition) is 6. The van der Waals surface area contributed by atoms with Gasteiger partial charge in [0.05, 0.1) is 45.2 Å². The molecule has 3 aromatic heterocycles. The molecule has 12 aromatic carbocycles. The van der Waals surface area contributed by atoms with Crippen LogP contribution in [0.4, 0.5) is 34.1 Å². The summed E-state index contributed by atoms with van der Waals surface area (Å²) < 4.78 is 2.39. The highest BCUT2D eigenvalue weighted by atomic mass is 15.2. The van der Waals surface area contributed by atoms with E-state index in [0.717, 1.165) is 112 Å². The third-order valence-corrected chi connectivity index (χ3v) is 17.9. The van der Waals surface area contributed by atoms with E-state index in [1.54, 1.807) is 0 Å². The fourth-order valence-electron chi connectivity index (χ4n) is 13.8. The number of fused-ring (bicyclic) bond motifs is 7. The average Bonchev–Trinajstić information content (AvgIpc) is 0.809. The Hall–Kier alpha value is -11.7. The first kappa shape index (κ1) is 52.6. The van der Waals surface area contributed by atoms with Crippen LogP contribution in [0.15, 0.2) is 303 Å². The van der Waals surface area contributed by atoms with Crippen LogP contribution in [0.2, 0.25) is 0 Å². The monoisotopic (exact) mass is 1150 g/mol. The molecule has 0 bridgehead atoms. The number of rotatable bonds is 10. The van der Waals surface area contributed by atoms with Gasteiger partial charge in [-0.15, -0.1) is 0 Å². The average molecular weight is 1150 g/mol. The highest BCUT2D eigenvalue weighted by Gasteiger charge is 2.44. The van der Waals surface area contributed by atoms with Gasteiger partial charge in [-0.05, 0) is 139 Å². The lowest BCUT2D eigenvalue weighted by Gasteiger charge is -2.45. The Bertz CT molecular complexity index is 5160. The highest BCUT2D eigenvalue weighted by molar-refractivity contribution is 7.00. The quantitative estimate of drug-likeness (QED) is 0.127. The molecule has 0 amide bonds. The maximum Gasteiger partial charge on any atom is 0.252 e. The van der Waals surface area contributed by atoms with E-state index in [1.807, 2.05) is 12.1 Å². The fourth-order valence-corrected chi connectivity index (χ4v) is 13.8. The number of anilines is 6. The van der Waals surface area contributed by atoms with E-state index < -0.39 is 0 Å². The molecule has 8 heteroatoms. The lowest BCUT2D eigenvalue weighted by molar-refractivity contribution is 1.13. The molecular weight excluding hydrogens is 1090 g/mol. The predicted octanol–water partition coefficient (Wildman–Crippen LogP) is 18.7. The predicted molar refractivity (Wildman–Crippen MR) is 374 cm³/mol. The van der Waals surface area contributed by atoms with Crippen LogP contribution in [-0.2, 0) is 0 Å². The van der Waals surface area contributed by atoms with Crippen molar-refractivity contribution in [3.8, 4) is 84.6 Å². The van der Waals surface area contributed by atoms with E-state index >= 15 is 0 Å². The summed E-state index contributed by atoms with van der Waals surface area (Å²) in [5, 5.41) is 2.37. The number of nitrogens with zero attached hydrogens (tertiary/aromatic N) is 7. The molecule has 90 heavy (non-hydrogen) atoms. The molecule has 2 aliphatic heterocycles. The van der Waals surface area contributed by atoms with Crippen molar-refractivity contribution >= 4 is 79.0 Å². The van der Waals surface area contributed by atoms with E-state index in [2.05, 4.69) is 319 Å². The van der Waals surface area contributed by atoms with E-state index in [-0.39, 0.29) is 6.71 Å². The SMILES string of the molecule is Cc1ccc2c(c1)c1cc(C)ccc1n2-c1ccc(-c2nc(-c3ccccc3)cc(-c3ccccc3)n2)cc1-c1nc(-c2ccccc2)cc(-c2cccc(-c3ccc4c5c3N(c3ccccc3)c3ccccc3B5c3ccccc3N4c3ccccc3)c2)n1. The van der Waals surface area contributed by atoms with Crippen molar-refractivity contribution < 1.29 is 0 Å². The Morgan fingerprint density at radius 3 is 1.29 bits per heavy atom. The van der Waals surface area contributed by atoms with Gasteiger partial charge in [0.2, 0.25) is 0 Å². The summed E-state index contributed by atoms with van der Waals surface area (Å²) in [6, 6.07) is 109. The van der Waals surface area contributed by atoms with E-state index in [1.165, 1.54) is 44.0 Å². The Balaban J connectivity index is 0.904. The first-order chi connectivity index (χ1) is 44.5. The van der Waals surface area contributed by atoms with Crippen molar-refractivity contribution in [2.75, 3.05) is 9.80 Å². The largest absolute Gasteiger partial charge is 0.311 e. The second-order valence-corrected chi connectivity index (χ2v) is 23.5. The van der Waals surface area contributed by atoms with Crippen LogP contribution in [0, 0.1) is 13.8 Å². The smallest absolute Gasteiger partial charge is 0.252 e. The molecule has 422 valence electrons. The first-order valence-corrected chi connectivity index (χ1v) is 30.7. The molecule has 15 aromatic rings. The summed E-state index contributed by atoms with van der Waals surface area (Å²) in [6.45, 7) is 4.30. The maximum atomic E-state index is 5.77. The second kappa shape index (κ2) is 21.6. The molecule has 7 nitrogen and oxygen atoms in total. The summed E-state index contributed by atoms with van der Waals surface area (Å²) in [5.74, 6) is 1.17. The van der Waals surface area contributed by atoms with Crippen LogP contribution < -0.4 is 26.2 Å². The van der Waals surface area contributed by atoms with E-state index in [9.17, 15) is 0 Å². The molecular formula is C82H56BN7. The molecule has 0 N–H and O–H groups in total. The molecule has 2 aliphatic rings. The molecule has 0 aliphatic carbocycles. The van der Waals surface area contributed by atoms with Gasteiger partial charge >= 0.3 is 0 Å². The van der Waals surface area contributed by atoms with E-state index in [0.29, 0.717) is 11.6 Å². The van der Waals surface area contributed by atoms with Crippen molar-refractivity contribution in [2.24, 2.45) is 0 Å². The van der Waals surface area contributed by atoms with Crippen molar-refractivity contribution in [3.63, 3.8) is 0 Å². The van der Waals surface area contributed by atoms with Gasteiger partial charge in [-0.25, -0.2) is 19.9 Å². The third-order valence-electron chi connectivity index (χ3n) is 17.9. The Kier molecular flexibility index (Phi) is 12.6. The molecule has 0 fully saturated rings. The van der Waals surface area contributed by atoms with Crippen LogP contribution in [-0.4, -0.2) is 31.2 Å². The zero-order valence-electron chi connectivity index (χ0n) is 49.6. The van der Waals surface area contributed by atoms with E-state index in [4.69, 9.17) is 19.9 Å². The van der Waals surface area contributed by atoms with Gasteiger partial charge in [0.15, 0.2) is 11.6 Å². The van der Waals surface area contributed by atoms with Crippen LogP contribution in [0.5, 0.6) is 0 Å². The minimum atomic E-state index is -0.0352. The van der Waals surface area contributed by atoms with Crippen LogP contribution in [0.1, 0.15) is 11.1 Å². The van der Waals surface area contributed by atoms with Crippen LogP contribution in [0.3, 0.4) is 0 Å². The lowest BCUT2D eigenvalue weighted by Crippen LogP contribution is -2.61. The maximum absolute atomic E-state index is 5.77. The normalized spacial score (nSPS) is 12.3. The summed E-state index contributed by atoms with van der Waals surface area (Å²) in [6.07, 6.45) is 0. The number of aromatic nitrogens is 5. The molecule has 0 saturated carbocycles. The van der Waals surface area contributed by atoms with Crippen molar-refractivity contribution in [1.29, 1.82) is 0 Å². The summed E-state index contributed by atoms with van der Waals surface area (Å²) >= 11 is 0. The van der Waals surface area contributed by atoms with Gasteiger partial charge in [0, 0.05) is 78.2 Å². The minimum absolute atomic E-state index is 0.0352. The van der Waals surface area contributed by atoms with Crippen molar-refractivity contribution in [3.05, 3.63) is 314 Å². The highest BCUT2D eigenvalue weighted by Crippen LogP contribution is 2.49. The molecule has 0 saturated heterocycles. The van der Waals surface area contributed by atoms with Gasteiger partial charge in [0.25, 0.3) is 6.71 Å². The number of para-hydroxylation sites is 4. The Morgan fingerprint density at radius 2 is 0.733 bits per heavy atom. The second-order valence-electron chi connectivity index (χ2n) is 23.5. The molecule has 0 unspecified atom stereocenters. The Labute approximate surface area is 523 Å². The standard InChI is InChI=1S/C82H56BN7/c1-53-39-43-73-64(47-53)65-48-54(2)40-44-74(65)90(73)75-45-41-60(81-84-69(55-23-8-3-9-24-55)51-70(85-81)56-25-10-4-11-26-56)50-66(75)82-86-71(57-27-12-5-13-28-57)52-72(87-82)59-30-22-29-58(49-59)63-42-46-78-79-80(63)89(62-33-16-7-17-34-62)77-38-21-19-36-68(77)83(79)67-35-18-20-37-76(67)88(78)61-31-14-6-15-32-61/h3-52H,1-2H3. The van der Waals surface area contributed by atoms with Gasteiger partial charge in [-0.3, -0.25) is 0 Å². The van der Waals surface area contributed by atoms with Gasteiger partial charge in [-0.1, -0.05) is 211 Å². The number of hydrogen-bond donors (Lipinski definition) is 0. The fraction of sp³-hybridized carbons (Fsp3) is 0.0244. The van der Waals surface area contributed by atoms with Crippen molar-refractivity contribution in [1.82, 2.24) is 24.5 Å². The molecule has 0 spiro atoms. The van der Waals surface area contributed by atoms with Gasteiger partial charge in [-0.2, -0.15) is 0 Å². The zero-order chi connectivity index (χ0) is 59.8. The third kappa shape index (κ3) is 8.90. The molecule has 5 heterocycles. The topological polar surface area (TPSA) is 63.0 Å². The van der Waals surface area contributed by atoms with Crippen molar-refractivity contribution in [2.45, 2.75) is 13.8 Å². The Morgan fingerprint density at radius 1 is 0.289 bits per heavy atom.